The lowest BCUT2D eigenvalue weighted by Gasteiger charge is -2.13. The summed E-state index contributed by atoms with van der Waals surface area (Å²) >= 11 is 0. The topological polar surface area (TPSA) is 131 Å². The van der Waals surface area contributed by atoms with Gasteiger partial charge in [-0.3, -0.25) is 24.3 Å². The number of nitriles is 1. The van der Waals surface area contributed by atoms with Gasteiger partial charge in [-0.2, -0.15) is 5.26 Å². The number of fused-ring (bicyclic) bond motifs is 1. The van der Waals surface area contributed by atoms with Gasteiger partial charge in [0.2, 0.25) is 0 Å². The minimum Gasteiger partial charge on any atom is -0.321 e. The number of nitrogens with zero attached hydrogens (tertiary/aromatic N) is 4. The highest BCUT2D eigenvalue weighted by atomic mass is 19.1. The highest BCUT2D eigenvalue weighted by molar-refractivity contribution is 6.06. The SMILES string of the molecule is N#Cc1cc([N+](=O)[O-])ccc1NC(=O)c1cc2cccnc2n(Cc2ccc(F)cc2)c1=O. The molecule has 0 radical (unpaired) electrons. The van der Waals surface area contributed by atoms with E-state index < -0.39 is 22.2 Å². The summed E-state index contributed by atoms with van der Waals surface area (Å²) in [6, 6.07) is 15.5. The standard InChI is InChI=1S/C23H14FN5O4/c24-17-5-3-14(4-6-17)13-28-21-15(2-1-9-26-21)11-19(23(28)31)22(30)27-20-8-7-18(29(32)33)10-16(20)12-25/h1-11H,13H2,(H,27,30). The Morgan fingerprint density at radius 3 is 2.64 bits per heavy atom. The number of nitro groups is 1. The fourth-order valence-corrected chi connectivity index (χ4v) is 3.33. The predicted molar refractivity (Wildman–Crippen MR) is 117 cm³/mol. The van der Waals surface area contributed by atoms with Gasteiger partial charge in [0.25, 0.3) is 17.2 Å². The number of halogens is 1. The molecule has 2 aromatic carbocycles. The van der Waals surface area contributed by atoms with E-state index >= 15 is 0 Å². The fourth-order valence-electron chi connectivity index (χ4n) is 3.33. The summed E-state index contributed by atoms with van der Waals surface area (Å²) in [7, 11) is 0. The largest absolute Gasteiger partial charge is 0.321 e. The third kappa shape index (κ3) is 4.28. The Hall–Kier alpha value is -4.91. The lowest BCUT2D eigenvalue weighted by molar-refractivity contribution is -0.384. The second-order valence-corrected chi connectivity index (χ2v) is 7.04. The summed E-state index contributed by atoms with van der Waals surface area (Å²) in [6.45, 7) is 0.0503. The van der Waals surface area contributed by atoms with Crippen LogP contribution in [0.25, 0.3) is 11.0 Å². The van der Waals surface area contributed by atoms with Crippen LogP contribution in [-0.4, -0.2) is 20.4 Å². The Kier molecular flexibility index (Phi) is 5.61. The molecule has 0 saturated carbocycles. The second-order valence-electron chi connectivity index (χ2n) is 7.04. The van der Waals surface area contributed by atoms with E-state index in [1.54, 1.807) is 18.2 Å². The molecule has 4 rings (SSSR count). The van der Waals surface area contributed by atoms with Crippen molar-refractivity contribution in [3.05, 3.63) is 110 Å². The van der Waals surface area contributed by atoms with E-state index in [0.717, 1.165) is 12.1 Å². The maximum absolute atomic E-state index is 13.3. The molecule has 0 aliphatic rings. The first-order valence-electron chi connectivity index (χ1n) is 9.60. The van der Waals surface area contributed by atoms with E-state index in [1.807, 2.05) is 0 Å². The maximum Gasteiger partial charge on any atom is 0.270 e. The summed E-state index contributed by atoms with van der Waals surface area (Å²) in [6.07, 6.45) is 1.51. The van der Waals surface area contributed by atoms with Crippen molar-refractivity contribution in [1.29, 1.82) is 5.26 Å². The number of carbonyl (C=O) groups is 1. The zero-order valence-corrected chi connectivity index (χ0v) is 16.9. The summed E-state index contributed by atoms with van der Waals surface area (Å²) in [5, 5.41) is 23.2. The third-order valence-electron chi connectivity index (χ3n) is 4.93. The minimum atomic E-state index is -0.788. The predicted octanol–water partition coefficient (Wildman–Crippen LogP) is 3.62. The number of anilines is 1. The number of nitro benzene ring substituents is 1. The van der Waals surface area contributed by atoms with Crippen LogP contribution in [0, 0.1) is 27.3 Å². The van der Waals surface area contributed by atoms with Crippen molar-refractivity contribution in [3.63, 3.8) is 0 Å². The maximum atomic E-state index is 13.3. The molecule has 0 unspecified atom stereocenters. The molecule has 162 valence electrons. The number of amides is 1. The van der Waals surface area contributed by atoms with Gasteiger partial charge in [0.1, 0.15) is 23.1 Å². The Morgan fingerprint density at radius 1 is 1.18 bits per heavy atom. The number of hydrogen-bond donors (Lipinski definition) is 1. The second kappa shape index (κ2) is 8.68. The molecule has 1 N–H and O–H groups in total. The molecule has 10 heteroatoms. The number of carbonyl (C=O) groups excluding carboxylic acids is 1. The van der Waals surface area contributed by atoms with Crippen molar-refractivity contribution in [2.45, 2.75) is 6.54 Å². The van der Waals surface area contributed by atoms with Crippen LogP contribution in [0.5, 0.6) is 0 Å². The first-order chi connectivity index (χ1) is 15.9. The van der Waals surface area contributed by atoms with E-state index in [4.69, 9.17) is 0 Å². The molecule has 0 aliphatic heterocycles. The molecule has 4 aromatic rings. The lowest BCUT2D eigenvalue weighted by Crippen LogP contribution is -2.30. The molecule has 9 nitrogen and oxygen atoms in total. The number of pyridine rings is 2. The smallest absolute Gasteiger partial charge is 0.270 e. The molecule has 0 spiro atoms. The molecule has 0 saturated heterocycles. The van der Waals surface area contributed by atoms with Crippen molar-refractivity contribution in [1.82, 2.24) is 9.55 Å². The first-order valence-corrected chi connectivity index (χ1v) is 9.60. The van der Waals surface area contributed by atoms with Gasteiger partial charge in [0.05, 0.1) is 22.7 Å². The van der Waals surface area contributed by atoms with E-state index in [1.165, 1.54) is 47.2 Å². The van der Waals surface area contributed by atoms with Crippen LogP contribution >= 0.6 is 0 Å². The first kappa shape index (κ1) is 21.3. The van der Waals surface area contributed by atoms with Gasteiger partial charge in [-0.1, -0.05) is 12.1 Å². The quantitative estimate of drug-likeness (QED) is 0.370. The number of nitrogens with one attached hydrogen (secondary N) is 1. The molecule has 2 heterocycles. The van der Waals surface area contributed by atoms with Gasteiger partial charge in [-0.05, 0) is 42.0 Å². The van der Waals surface area contributed by atoms with Crippen molar-refractivity contribution < 1.29 is 14.1 Å². The van der Waals surface area contributed by atoms with Gasteiger partial charge in [0, 0.05) is 23.7 Å². The van der Waals surface area contributed by atoms with Gasteiger partial charge in [-0.15, -0.1) is 0 Å². The van der Waals surface area contributed by atoms with Crippen molar-refractivity contribution in [2.75, 3.05) is 5.32 Å². The average Bonchev–Trinajstić information content (AvgIpc) is 2.82. The number of aromatic nitrogens is 2. The van der Waals surface area contributed by atoms with Crippen molar-refractivity contribution in [3.8, 4) is 6.07 Å². The van der Waals surface area contributed by atoms with E-state index in [0.29, 0.717) is 16.6 Å². The molecule has 0 fully saturated rings. The molecule has 0 aliphatic carbocycles. The van der Waals surface area contributed by atoms with E-state index in [9.17, 15) is 29.4 Å². The van der Waals surface area contributed by atoms with Crippen LogP contribution in [0.4, 0.5) is 15.8 Å². The number of hydrogen-bond acceptors (Lipinski definition) is 6. The summed E-state index contributed by atoms with van der Waals surface area (Å²) < 4.78 is 14.6. The minimum absolute atomic E-state index is 0.0314. The lowest BCUT2D eigenvalue weighted by atomic mass is 10.1. The monoisotopic (exact) mass is 443 g/mol. The summed E-state index contributed by atoms with van der Waals surface area (Å²) in [5.41, 5.74) is -0.261. The highest BCUT2D eigenvalue weighted by Crippen LogP contribution is 2.22. The van der Waals surface area contributed by atoms with Gasteiger partial charge < -0.3 is 5.32 Å². The Morgan fingerprint density at radius 2 is 1.94 bits per heavy atom. The van der Waals surface area contributed by atoms with Crippen LogP contribution in [0.1, 0.15) is 21.5 Å². The molecule has 0 bridgehead atoms. The Balaban J connectivity index is 1.77. The third-order valence-corrected chi connectivity index (χ3v) is 4.93. The molecule has 1 amide bonds. The molecule has 2 aromatic heterocycles. The van der Waals surface area contributed by atoms with Gasteiger partial charge in [0.15, 0.2) is 0 Å². The summed E-state index contributed by atoms with van der Waals surface area (Å²) in [4.78, 5) is 40.7. The van der Waals surface area contributed by atoms with Gasteiger partial charge in [-0.25, -0.2) is 9.37 Å². The van der Waals surface area contributed by atoms with Crippen LogP contribution in [-0.2, 0) is 6.54 Å². The highest BCUT2D eigenvalue weighted by Gasteiger charge is 2.19. The zero-order chi connectivity index (χ0) is 23.5. The van der Waals surface area contributed by atoms with Crippen LogP contribution in [0.15, 0.2) is 71.7 Å². The Labute approximate surface area is 185 Å². The van der Waals surface area contributed by atoms with Crippen LogP contribution < -0.4 is 10.9 Å². The van der Waals surface area contributed by atoms with Crippen LogP contribution in [0.2, 0.25) is 0 Å². The average molecular weight is 443 g/mol. The Bertz CT molecular complexity index is 1510. The van der Waals surface area contributed by atoms with Crippen LogP contribution in [0.3, 0.4) is 0 Å². The van der Waals surface area contributed by atoms with Crippen molar-refractivity contribution in [2.24, 2.45) is 0 Å². The number of benzene rings is 2. The van der Waals surface area contributed by atoms with E-state index in [2.05, 4.69) is 10.3 Å². The molecular formula is C23H14FN5O4. The normalized spacial score (nSPS) is 10.5. The van der Waals surface area contributed by atoms with Crippen molar-refractivity contribution >= 4 is 28.3 Å². The van der Waals surface area contributed by atoms with Gasteiger partial charge >= 0.3 is 0 Å². The molecule has 0 atom stereocenters. The molecular weight excluding hydrogens is 429 g/mol. The number of non-ortho nitro benzene ring substituents is 1. The molecule has 33 heavy (non-hydrogen) atoms. The van der Waals surface area contributed by atoms with E-state index in [-0.39, 0.29) is 29.0 Å². The number of rotatable bonds is 5. The summed E-state index contributed by atoms with van der Waals surface area (Å²) in [5.74, 6) is -1.21. The fraction of sp³-hybridized carbons (Fsp3) is 0.0435. The zero-order valence-electron chi connectivity index (χ0n) is 16.9.